The number of rotatable bonds is 4. The normalized spacial score (nSPS) is 16.9. The molecule has 1 aromatic carbocycles. The highest BCUT2D eigenvalue weighted by molar-refractivity contribution is 6.32. The van der Waals surface area contributed by atoms with Crippen LogP contribution in [0.4, 0.5) is 8.78 Å². The highest BCUT2D eigenvalue weighted by Crippen LogP contribution is 2.25. The fraction of sp³-hybridized carbons (Fsp3) is 0.250. The molecule has 0 bridgehead atoms. The summed E-state index contributed by atoms with van der Waals surface area (Å²) in [5, 5.41) is 0.433. The number of allylic oxidation sites excluding steroid dienone is 1. The molecule has 0 fully saturated rings. The SMILES string of the molecule is C=C1C(Cl)=CCC(=NCC)N1CC(=O)c1ccc(F)cc1F. The second-order valence-electron chi connectivity index (χ2n) is 4.73. The van der Waals surface area contributed by atoms with Crippen molar-refractivity contribution < 1.29 is 13.6 Å². The van der Waals surface area contributed by atoms with Crippen LogP contribution in [0.3, 0.4) is 0 Å². The lowest BCUT2D eigenvalue weighted by Crippen LogP contribution is -2.37. The molecule has 0 N–H and O–H groups in total. The summed E-state index contributed by atoms with van der Waals surface area (Å²) in [5.74, 6) is -1.46. The Labute approximate surface area is 132 Å². The zero-order valence-corrected chi connectivity index (χ0v) is 12.8. The van der Waals surface area contributed by atoms with Crippen molar-refractivity contribution in [1.82, 2.24) is 4.90 Å². The lowest BCUT2D eigenvalue weighted by Gasteiger charge is -2.30. The third-order valence-electron chi connectivity index (χ3n) is 3.25. The third-order valence-corrected chi connectivity index (χ3v) is 3.62. The molecule has 6 heteroatoms. The minimum absolute atomic E-state index is 0.149. The maximum absolute atomic E-state index is 13.7. The Morgan fingerprint density at radius 2 is 2.18 bits per heavy atom. The smallest absolute Gasteiger partial charge is 0.185 e. The average Bonchev–Trinajstić information content (AvgIpc) is 2.46. The number of nitrogens with zero attached hydrogens (tertiary/aromatic N) is 2. The van der Waals surface area contributed by atoms with Gasteiger partial charge in [-0.3, -0.25) is 9.79 Å². The molecule has 0 atom stereocenters. The zero-order valence-electron chi connectivity index (χ0n) is 12.1. The lowest BCUT2D eigenvalue weighted by atomic mass is 10.1. The second-order valence-corrected chi connectivity index (χ2v) is 5.13. The van der Waals surface area contributed by atoms with Crippen molar-refractivity contribution in [2.24, 2.45) is 4.99 Å². The highest BCUT2D eigenvalue weighted by atomic mass is 35.5. The van der Waals surface area contributed by atoms with Crippen LogP contribution < -0.4 is 0 Å². The number of carbonyl (C=O) groups is 1. The molecular formula is C16H15ClF2N2O. The summed E-state index contributed by atoms with van der Waals surface area (Å²) in [6, 6.07) is 2.87. The van der Waals surface area contributed by atoms with Gasteiger partial charge in [-0.25, -0.2) is 8.78 Å². The van der Waals surface area contributed by atoms with Gasteiger partial charge in [-0.1, -0.05) is 24.3 Å². The standard InChI is InChI=1S/C16H15ClF2N2O/c1-3-20-16-7-6-13(17)10(2)21(16)9-15(22)12-5-4-11(18)8-14(12)19/h4-6,8H,2-3,7,9H2,1H3. The second kappa shape index (κ2) is 6.83. The van der Waals surface area contributed by atoms with Gasteiger partial charge in [-0.2, -0.15) is 0 Å². The Hall–Kier alpha value is -2.01. The van der Waals surface area contributed by atoms with E-state index < -0.39 is 17.4 Å². The molecule has 3 nitrogen and oxygen atoms in total. The van der Waals surface area contributed by atoms with Crippen LogP contribution in [0.1, 0.15) is 23.7 Å². The van der Waals surface area contributed by atoms with E-state index in [1.807, 2.05) is 6.92 Å². The van der Waals surface area contributed by atoms with Gasteiger partial charge in [0.25, 0.3) is 0 Å². The minimum Gasteiger partial charge on any atom is -0.321 e. The minimum atomic E-state index is -0.886. The molecule has 1 aromatic rings. The summed E-state index contributed by atoms with van der Waals surface area (Å²) in [6.45, 7) is 6.10. The van der Waals surface area contributed by atoms with E-state index in [9.17, 15) is 13.6 Å². The Bertz CT molecular complexity index is 683. The summed E-state index contributed by atoms with van der Waals surface area (Å²) < 4.78 is 26.6. The van der Waals surface area contributed by atoms with Gasteiger partial charge in [0.1, 0.15) is 17.5 Å². The number of Topliss-reactive ketones (excluding diaryl/α,β-unsaturated/α-hetero) is 1. The Morgan fingerprint density at radius 1 is 1.45 bits per heavy atom. The van der Waals surface area contributed by atoms with Crippen LogP contribution >= 0.6 is 11.6 Å². The molecule has 0 unspecified atom stereocenters. The van der Waals surface area contributed by atoms with Crippen molar-refractivity contribution in [1.29, 1.82) is 0 Å². The molecule has 116 valence electrons. The van der Waals surface area contributed by atoms with E-state index in [0.717, 1.165) is 12.1 Å². The number of aliphatic imine (C=N–C) groups is 1. The van der Waals surface area contributed by atoms with Crippen LogP contribution in [0.2, 0.25) is 0 Å². The third kappa shape index (κ3) is 3.42. The van der Waals surface area contributed by atoms with Crippen LogP contribution in [0.25, 0.3) is 0 Å². The van der Waals surface area contributed by atoms with Crippen LogP contribution in [0, 0.1) is 11.6 Å². The molecule has 0 aromatic heterocycles. The van der Waals surface area contributed by atoms with Gasteiger partial charge in [0.05, 0.1) is 22.8 Å². The molecule has 1 aliphatic rings. The summed E-state index contributed by atoms with van der Waals surface area (Å²) in [6.07, 6.45) is 2.24. The summed E-state index contributed by atoms with van der Waals surface area (Å²) >= 11 is 6.04. The zero-order chi connectivity index (χ0) is 16.3. The molecule has 0 saturated carbocycles. The van der Waals surface area contributed by atoms with Gasteiger partial charge in [-0.05, 0) is 19.1 Å². The summed E-state index contributed by atoms with van der Waals surface area (Å²) in [4.78, 5) is 18.2. The topological polar surface area (TPSA) is 32.7 Å². The van der Waals surface area contributed by atoms with Gasteiger partial charge in [0, 0.05) is 19.0 Å². The Balaban J connectivity index is 2.27. The van der Waals surface area contributed by atoms with Gasteiger partial charge in [-0.15, -0.1) is 0 Å². The number of hydrogen-bond acceptors (Lipinski definition) is 2. The van der Waals surface area contributed by atoms with Crippen LogP contribution in [-0.4, -0.2) is 29.6 Å². The number of ketones is 1. The molecule has 1 heterocycles. The number of hydrogen-bond donors (Lipinski definition) is 0. The first kappa shape index (κ1) is 16.4. The first-order valence-electron chi connectivity index (χ1n) is 6.78. The van der Waals surface area contributed by atoms with E-state index in [0.29, 0.717) is 35.6 Å². The van der Waals surface area contributed by atoms with Gasteiger partial charge >= 0.3 is 0 Å². The largest absolute Gasteiger partial charge is 0.321 e. The fourth-order valence-corrected chi connectivity index (χ4v) is 2.34. The molecular weight excluding hydrogens is 310 g/mol. The predicted molar refractivity (Wildman–Crippen MR) is 83.1 cm³/mol. The quantitative estimate of drug-likeness (QED) is 0.787. The fourth-order valence-electron chi connectivity index (χ4n) is 2.16. The van der Waals surface area contributed by atoms with Crippen molar-refractivity contribution >= 4 is 23.2 Å². The van der Waals surface area contributed by atoms with Crippen molar-refractivity contribution in [3.05, 3.63) is 58.8 Å². The first-order valence-corrected chi connectivity index (χ1v) is 7.16. The van der Waals surface area contributed by atoms with Crippen molar-refractivity contribution in [3.63, 3.8) is 0 Å². The van der Waals surface area contributed by atoms with E-state index in [1.54, 1.807) is 11.0 Å². The highest BCUT2D eigenvalue weighted by Gasteiger charge is 2.24. The molecule has 0 spiro atoms. The van der Waals surface area contributed by atoms with Crippen LogP contribution in [0.5, 0.6) is 0 Å². The molecule has 0 saturated heterocycles. The predicted octanol–water partition coefficient (Wildman–Crippen LogP) is 3.91. The Kier molecular flexibility index (Phi) is 5.08. The monoisotopic (exact) mass is 324 g/mol. The van der Waals surface area contributed by atoms with E-state index >= 15 is 0 Å². The van der Waals surface area contributed by atoms with E-state index in [2.05, 4.69) is 11.6 Å². The summed E-state index contributed by atoms with van der Waals surface area (Å²) in [7, 11) is 0. The molecule has 0 amide bonds. The first-order chi connectivity index (χ1) is 10.4. The lowest BCUT2D eigenvalue weighted by molar-refractivity contribution is 0.0967. The van der Waals surface area contributed by atoms with E-state index in [-0.39, 0.29) is 12.1 Å². The number of halogens is 3. The van der Waals surface area contributed by atoms with E-state index in [4.69, 9.17) is 11.6 Å². The number of carbonyl (C=O) groups excluding carboxylic acids is 1. The van der Waals surface area contributed by atoms with Crippen LogP contribution in [-0.2, 0) is 0 Å². The molecule has 1 aliphatic heterocycles. The Morgan fingerprint density at radius 3 is 2.82 bits per heavy atom. The van der Waals surface area contributed by atoms with Gasteiger partial charge in [0.15, 0.2) is 5.78 Å². The number of amidine groups is 1. The maximum atomic E-state index is 13.7. The average molecular weight is 325 g/mol. The van der Waals surface area contributed by atoms with E-state index in [1.165, 1.54) is 0 Å². The summed E-state index contributed by atoms with van der Waals surface area (Å²) in [5.41, 5.74) is 0.270. The van der Waals surface area contributed by atoms with Gasteiger partial charge < -0.3 is 4.90 Å². The number of benzene rings is 1. The molecule has 0 radical (unpaired) electrons. The molecule has 22 heavy (non-hydrogen) atoms. The van der Waals surface area contributed by atoms with Crippen LogP contribution in [0.15, 0.2) is 46.6 Å². The van der Waals surface area contributed by atoms with Crippen molar-refractivity contribution in [2.45, 2.75) is 13.3 Å². The molecule has 2 rings (SSSR count). The van der Waals surface area contributed by atoms with Crippen molar-refractivity contribution in [2.75, 3.05) is 13.1 Å². The molecule has 0 aliphatic carbocycles. The van der Waals surface area contributed by atoms with Gasteiger partial charge in [0.2, 0.25) is 0 Å². The van der Waals surface area contributed by atoms with Crippen molar-refractivity contribution in [3.8, 4) is 0 Å². The maximum Gasteiger partial charge on any atom is 0.185 e.